The molecule has 1 atom stereocenters. The Kier molecular flexibility index (Phi) is 12.2. The number of hydrogen-bond acceptors (Lipinski definition) is 4. The lowest BCUT2D eigenvalue weighted by molar-refractivity contribution is 0.114. The zero-order chi connectivity index (χ0) is 18.6. The SMILES string of the molecule is CCNC(=NCCCOc1cccc(OC)c1)N1CCC(COCC)C1.I. The number of ether oxygens (including phenoxy) is 3. The second-order valence-corrected chi connectivity index (χ2v) is 6.38. The van der Waals surface area contributed by atoms with E-state index >= 15 is 0 Å². The van der Waals surface area contributed by atoms with Gasteiger partial charge in [-0.25, -0.2) is 0 Å². The van der Waals surface area contributed by atoms with E-state index in [-0.39, 0.29) is 24.0 Å². The third kappa shape index (κ3) is 8.55. The van der Waals surface area contributed by atoms with Crippen molar-refractivity contribution in [2.45, 2.75) is 26.7 Å². The van der Waals surface area contributed by atoms with E-state index in [1.165, 1.54) is 6.42 Å². The minimum absolute atomic E-state index is 0. The third-order valence-corrected chi connectivity index (χ3v) is 4.35. The Balaban J connectivity index is 0.00000364. The number of rotatable bonds is 10. The molecule has 6 nitrogen and oxygen atoms in total. The largest absolute Gasteiger partial charge is 0.497 e. The summed E-state index contributed by atoms with van der Waals surface area (Å²) in [5.74, 6) is 3.26. The summed E-state index contributed by atoms with van der Waals surface area (Å²) in [5.41, 5.74) is 0. The molecule has 1 aliphatic heterocycles. The molecule has 1 N–H and O–H groups in total. The molecule has 0 saturated carbocycles. The summed E-state index contributed by atoms with van der Waals surface area (Å²) in [6, 6.07) is 7.69. The van der Waals surface area contributed by atoms with Crippen LogP contribution in [0.4, 0.5) is 0 Å². The van der Waals surface area contributed by atoms with Gasteiger partial charge < -0.3 is 24.4 Å². The van der Waals surface area contributed by atoms with Crippen molar-refractivity contribution in [3.05, 3.63) is 24.3 Å². The highest BCUT2D eigenvalue weighted by molar-refractivity contribution is 14.0. The van der Waals surface area contributed by atoms with E-state index in [1.54, 1.807) is 7.11 Å². The lowest BCUT2D eigenvalue weighted by atomic mass is 10.1. The first-order chi connectivity index (χ1) is 12.8. The number of halogens is 1. The molecule has 1 aliphatic rings. The fourth-order valence-electron chi connectivity index (χ4n) is 3.00. The van der Waals surface area contributed by atoms with Crippen molar-refractivity contribution in [2.24, 2.45) is 10.9 Å². The van der Waals surface area contributed by atoms with Crippen LogP contribution < -0.4 is 14.8 Å². The molecule has 0 aromatic heterocycles. The highest BCUT2D eigenvalue weighted by Gasteiger charge is 2.24. The second-order valence-electron chi connectivity index (χ2n) is 6.38. The predicted octanol–water partition coefficient (Wildman–Crippen LogP) is 3.41. The van der Waals surface area contributed by atoms with Crippen LogP contribution in [0.5, 0.6) is 11.5 Å². The number of aliphatic imine (C=N–C) groups is 1. The van der Waals surface area contributed by atoms with Crippen LogP contribution in [0.1, 0.15) is 26.7 Å². The number of guanidine groups is 1. The van der Waals surface area contributed by atoms with Crippen LogP contribution in [0.15, 0.2) is 29.3 Å². The van der Waals surface area contributed by atoms with Crippen LogP contribution in [0.3, 0.4) is 0 Å². The molecule has 1 saturated heterocycles. The van der Waals surface area contributed by atoms with Crippen LogP contribution in [-0.4, -0.2) is 64.0 Å². The maximum absolute atomic E-state index is 5.78. The molecule has 1 aromatic rings. The van der Waals surface area contributed by atoms with Crippen molar-refractivity contribution in [3.8, 4) is 11.5 Å². The monoisotopic (exact) mass is 491 g/mol. The number of nitrogens with one attached hydrogen (secondary N) is 1. The van der Waals surface area contributed by atoms with Crippen molar-refractivity contribution in [2.75, 3.05) is 53.1 Å². The first-order valence-electron chi connectivity index (χ1n) is 9.64. The summed E-state index contributed by atoms with van der Waals surface area (Å²) in [4.78, 5) is 7.10. The molecule has 7 heteroatoms. The Labute approximate surface area is 180 Å². The van der Waals surface area contributed by atoms with Gasteiger partial charge >= 0.3 is 0 Å². The van der Waals surface area contributed by atoms with Gasteiger partial charge in [-0.15, -0.1) is 24.0 Å². The Morgan fingerprint density at radius 2 is 2.11 bits per heavy atom. The fourth-order valence-corrected chi connectivity index (χ4v) is 3.00. The van der Waals surface area contributed by atoms with E-state index in [4.69, 9.17) is 19.2 Å². The zero-order valence-electron chi connectivity index (χ0n) is 16.8. The molecule has 1 fully saturated rings. The summed E-state index contributed by atoms with van der Waals surface area (Å²) >= 11 is 0. The van der Waals surface area contributed by atoms with Gasteiger partial charge in [0.2, 0.25) is 0 Å². The first kappa shape index (κ1) is 23.8. The molecule has 0 aliphatic carbocycles. The Morgan fingerprint density at radius 3 is 2.85 bits per heavy atom. The van der Waals surface area contributed by atoms with Crippen molar-refractivity contribution in [1.82, 2.24) is 10.2 Å². The number of benzene rings is 1. The summed E-state index contributed by atoms with van der Waals surface area (Å²) < 4.78 is 16.5. The van der Waals surface area contributed by atoms with Gasteiger partial charge in [-0.05, 0) is 32.4 Å². The first-order valence-corrected chi connectivity index (χ1v) is 9.64. The molecule has 0 spiro atoms. The van der Waals surface area contributed by atoms with Gasteiger partial charge in [-0.2, -0.15) is 0 Å². The lowest BCUT2D eigenvalue weighted by Gasteiger charge is -2.21. The van der Waals surface area contributed by atoms with E-state index in [2.05, 4.69) is 17.1 Å². The molecule has 1 aromatic carbocycles. The number of hydrogen-bond donors (Lipinski definition) is 1. The van der Waals surface area contributed by atoms with Crippen LogP contribution in [0, 0.1) is 5.92 Å². The standard InChI is InChI=1S/C20H33N3O3.HI/c1-4-21-20(23-12-10-17(15-23)16-25-5-2)22-11-7-13-26-19-9-6-8-18(14-19)24-3;/h6,8-9,14,17H,4-5,7,10-13,15-16H2,1-3H3,(H,21,22);1H. The van der Waals surface area contributed by atoms with E-state index < -0.39 is 0 Å². The summed E-state index contributed by atoms with van der Waals surface area (Å²) in [6.07, 6.45) is 2.05. The summed E-state index contributed by atoms with van der Waals surface area (Å²) in [5, 5.41) is 3.40. The van der Waals surface area contributed by atoms with Gasteiger partial charge in [0.05, 0.1) is 20.3 Å². The minimum Gasteiger partial charge on any atom is -0.497 e. The number of likely N-dealkylation sites (tertiary alicyclic amines) is 1. The van der Waals surface area contributed by atoms with Crippen molar-refractivity contribution >= 4 is 29.9 Å². The molecule has 27 heavy (non-hydrogen) atoms. The molecule has 0 radical (unpaired) electrons. The smallest absolute Gasteiger partial charge is 0.193 e. The highest BCUT2D eigenvalue weighted by atomic mass is 127. The maximum atomic E-state index is 5.78. The van der Waals surface area contributed by atoms with Gasteiger partial charge in [-0.1, -0.05) is 6.07 Å². The summed E-state index contributed by atoms with van der Waals surface area (Å²) in [7, 11) is 1.66. The molecular formula is C20H34IN3O3. The van der Waals surface area contributed by atoms with Crippen LogP contribution >= 0.6 is 24.0 Å². The zero-order valence-corrected chi connectivity index (χ0v) is 19.1. The Hall–Kier alpha value is -1.22. The van der Waals surface area contributed by atoms with Crippen LogP contribution in [-0.2, 0) is 4.74 Å². The van der Waals surface area contributed by atoms with Crippen LogP contribution in [0.2, 0.25) is 0 Å². The van der Waals surface area contributed by atoms with E-state index in [1.807, 2.05) is 31.2 Å². The molecule has 1 heterocycles. The molecule has 2 rings (SSSR count). The molecule has 154 valence electrons. The number of nitrogens with zero attached hydrogens (tertiary/aromatic N) is 2. The summed E-state index contributed by atoms with van der Waals surface area (Å²) in [6.45, 7) is 10.1. The van der Waals surface area contributed by atoms with Gasteiger partial charge in [0, 0.05) is 51.2 Å². The molecule has 0 bridgehead atoms. The maximum Gasteiger partial charge on any atom is 0.193 e. The topological polar surface area (TPSA) is 55.3 Å². The van der Waals surface area contributed by atoms with Crippen LogP contribution in [0.25, 0.3) is 0 Å². The minimum atomic E-state index is 0. The highest BCUT2D eigenvalue weighted by Crippen LogP contribution is 2.19. The van der Waals surface area contributed by atoms with E-state index in [0.29, 0.717) is 12.5 Å². The molecule has 1 unspecified atom stereocenters. The second kappa shape index (κ2) is 13.9. The van der Waals surface area contributed by atoms with Crippen molar-refractivity contribution < 1.29 is 14.2 Å². The molecular weight excluding hydrogens is 457 g/mol. The van der Waals surface area contributed by atoms with Gasteiger partial charge in [0.15, 0.2) is 5.96 Å². The van der Waals surface area contributed by atoms with E-state index in [0.717, 1.165) is 63.3 Å². The van der Waals surface area contributed by atoms with Crippen molar-refractivity contribution in [3.63, 3.8) is 0 Å². The quantitative estimate of drug-likeness (QED) is 0.235. The van der Waals surface area contributed by atoms with Crippen molar-refractivity contribution in [1.29, 1.82) is 0 Å². The molecule has 0 amide bonds. The van der Waals surface area contributed by atoms with Gasteiger partial charge in [-0.3, -0.25) is 4.99 Å². The fraction of sp³-hybridized carbons (Fsp3) is 0.650. The normalized spacial score (nSPS) is 16.8. The Bertz CT molecular complexity index is 557. The van der Waals surface area contributed by atoms with Gasteiger partial charge in [0.1, 0.15) is 11.5 Å². The predicted molar refractivity (Wildman–Crippen MR) is 121 cm³/mol. The van der Waals surface area contributed by atoms with Gasteiger partial charge in [0.25, 0.3) is 0 Å². The average molecular weight is 491 g/mol. The number of methoxy groups -OCH3 is 1. The lowest BCUT2D eigenvalue weighted by Crippen LogP contribution is -2.40. The van der Waals surface area contributed by atoms with E-state index in [9.17, 15) is 0 Å². The average Bonchev–Trinajstić information content (AvgIpc) is 3.14. The Morgan fingerprint density at radius 1 is 1.30 bits per heavy atom. The third-order valence-electron chi connectivity index (χ3n) is 4.35.